The predicted molar refractivity (Wildman–Crippen MR) is 107 cm³/mol. The third-order valence-corrected chi connectivity index (χ3v) is 4.59. The summed E-state index contributed by atoms with van der Waals surface area (Å²) in [7, 11) is 0. The molecule has 2 aromatic heterocycles. The first-order chi connectivity index (χ1) is 16.2. The van der Waals surface area contributed by atoms with E-state index in [-0.39, 0.29) is 35.7 Å². The number of fused-ring (bicyclic) bond motifs is 1. The maximum absolute atomic E-state index is 13.8. The first-order valence-electron chi connectivity index (χ1n) is 9.40. The normalized spacial score (nSPS) is 11.4. The lowest BCUT2D eigenvalue weighted by molar-refractivity contribution is -0.145. The highest BCUT2D eigenvalue weighted by Gasteiger charge is 2.38. The molecule has 4 aromatic rings. The van der Waals surface area contributed by atoms with Crippen LogP contribution in [0.1, 0.15) is 21.7 Å². The quantitative estimate of drug-likeness (QED) is 0.333. The molecule has 13 heteroatoms. The molecular formula is C21H12F5N5O3. The van der Waals surface area contributed by atoms with Gasteiger partial charge in [0, 0.05) is 0 Å². The van der Waals surface area contributed by atoms with Crippen molar-refractivity contribution in [2.24, 2.45) is 0 Å². The van der Waals surface area contributed by atoms with Gasteiger partial charge in [0.15, 0.2) is 11.6 Å². The summed E-state index contributed by atoms with van der Waals surface area (Å²) in [5.74, 6) is -5.15. The molecular weight excluding hydrogens is 465 g/mol. The Morgan fingerprint density at radius 1 is 1.09 bits per heavy atom. The molecule has 0 aliphatic rings. The number of nitrogens with one attached hydrogen (secondary N) is 1. The molecule has 0 saturated heterocycles. The third-order valence-electron chi connectivity index (χ3n) is 4.59. The van der Waals surface area contributed by atoms with Crippen LogP contribution in [0.15, 0.2) is 48.8 Å². The molecule has 2 heterocycles. The van der Waals surface area contributed by atoms with Gasteiger partial charge in [0.05, 0.1) is 23.4 Å². The number of hydrogen-bond donors (Lipinski definition) is 1. The molecule has 0 spiro atoms. The molecule has 0 bridgehead atoms. The lowest BCUT2D eigenvalue weighted by Crippen LogP contribution is -2.18. The van der Waals surface area contributed by atoms with Crippen LogP contribution >= 0.6 is 0 Å². The zero-order valence-electron chi connectivity index (χ0n) is 16.8. The number of aromatic nitrogens is 4. The molecule has 0 aliphatic carbocycles. The molecule has 0 radical (unpaired) electrons. The lowest BCUT2D eigenvalue weighted by atomic mass is 10.2. The van der Waals surface area contributed by atoms with E-state index in [1.165, 1.54) is 18.2 Å². The molecule has 0 unspecified atom stereocenters. The van der Waals surface area contributed by atoms with Crippen LogP contribution in [0.2, 0.25) is 0 Å². The van der Waals surface area contributed by atoms with Gasteiger partial charge < -0.3 is 10.1 Å². The molecule has 0 atom stereocenters. The van der Waals surface area contributed by atoms with E-state index >= 15 is 0 Å². The van der Waals surface area contributed by atoms with Crippen molar-refractivity contribution >= 4 is 29.2 Å². The van der Waals surface area contributed by atoms with E-state index in [1.54, 1.807) is 0 Å². The highest BCUT2D eigenvalue weighted by molar-refractivity contribution is 6.04. The van der Waals surface area contributed by atoms with Crippen molar-refractivity contribution in [3.05, 3.63) is 77.4 Å². The van der Waals surface area contributed by atoms with Gasteiger partial charge in [-0.1, -0.05) is 12.1 Å². The fraction of sp³-hybridized carbons (Fsp3) is 0.0952. The van der Waals surface area contributed by atoms with Gasteiger partial charge in [0.25, 0.3) is 12.4 Å². The fourth-order valence-corrected chi connectivity index (χ4v) is 3.16. The van der Waals surface area contributed by atoms with Crippen molar-refractivity contribution < 1.29 is 36.3 Å². The van der Waals surface area contributed by atoms with Crippen molar-refractivity contribution in [3.8, 4) is 5.82 Å². The van der Waals surface area contributed by atoms with Crippen molar-refractivity contribution in [2.75, 3.05) is 5.32 Å². The summed E-state index contributed by atoms with van der Waals surface area (Å²) in [5, 5.41) is 2.14. The van der Waals surface area contributed by atoms with Crippen LogP contribution in [0.3, 0.4) is 0 Å². The monoisotopic (exact) mass is 477 g/mol. The fourth-order valence-electron chi connectivity index (χ4n) is 3.16. The topological polar surface area (TPSA) is 99.0 Å². The summed E-state index contributed by atoms with van der Waals surface area (Å²) in [4.78, 5) is 33.9. The van der Waals surface area contributed by atoms with E-state index in [4.69, 9.17) is 0 Å². The Bertz CT molecular complexity index is 1370. The minimum absolute atomic E-state index is 0.0338. The molecule has 4 rings (SSSR count). The maximum atomic E-state index is 13.8. The predicted octanol–water partition coefficient (Wildman–Crippen LogP) is 4.04. The van der Waals surface area contributed by atoms with Gasteiger partial charge in [0.1, 0.15) is 23.8 Å². The number of alkyl halides is 3. The second-order valence-electron chi connectivity index (χ2n) is 6.81. The number of amides is 1. The third kappa shape index (κ3) is 4.40. The summed E-state index contributed by atoms with van der Waals surface area (Å²) in [6, 6.07) is 7.00. The minimum atomic E-state index is -4.85. The number of carbonyl (C=O) groups is 2. The number of nitrogens with zero attached hydrogens (tertiary/aromatic N) is 4. The van der Waals surface area contributed by atoms with E-state index in [0.29, 0.717) is 5.56 Å². The van der Waals surface area contributed by atoms with Crippen LogP contribution < -0.4 is 5.32 Å². The molecule has 1 N–H and O–H groups in total. The van der Waals surface area contributed by atoms with Crippen LogP contribution in [0.25, 0.3) is 16.9 Å². The first-order valence-corrected chi connectivity index (χ1v) is 9.40. The Balaban J connectivity index is 1.69. The van der Waals surface area contributed by atoms with Gasteiger partial charge in [-0.15, -0.1) is 0 Å². The van der Waals surface area contributed by atoms with E-state index in [9.17, 15) is 31.5 Å². The average molecular weight is 477 g/mol. The molecule has 34 heavy (non-hydrogen) atoms. The van der Waals surface area contributed by atoms with E-state index < -0.39 is 35.1 Å². The van der Waals surface area contributed by atoms with Gasteiger partial charge in [-0.2, -0.15) is 13.2 Å². The smallest absolute Gasteiger partial charge is 0.450 e. The zero-order valence-corrected chi connectivity index (χ0v) is 16.8. The number of rotatable bonds is 6. The standard InChI is InChI=1S/C21H12F5N5O3/c22-12-2-1-3-13(23)18(12)19(33)30-16-7-28-17(8-27-16)31-15-5-4-11(9-34-10-32)6-14(15)29-20(31)21(24,25)26/h1-8,10H,9H2,(H,27,30,33). The summed E-state index contributed by atoms with van der Waals surface area (Å²) in [6.45, 7) is 0.0604. The van der Waals surface area contributed by atoms with E-state index in [2.05, 4.69) is 25.0 Å². The van der Waals surface area contributed by atoms with Crippen LogP contribution in [0.4, 0.5) is 27.8 Å². The molecule has 8 nitrogen and oxygen atoms in total. The van der Waals surface area contributed by atoms with Crippen LogP contribution in [0, 0.1) is 11.6 Å². The maximum Gasteiger partial charge on any atom is 0.450 e. The van der Waals surface area contributed by atoms with Gasteiger partial charge in [-0.05, 0) is 29.8 Å². The SMILES string of the molecule is O=COCc1ccc2c(c1)nc(C(F)(F)F)n2-c1cnc(NC(=O)c2c(F)cccc2F)cn1. The van der Waals surface area contributed by atoms with Crippen LogP contribution in [-0.2, 0) is 22.3 Å². The molecule has 174 valence electrons. The lowest BCUT2D eigenvalue weighted by Gasteiger charge is -2.11. The van der Waals surface area contributed by atoms with Crippen molar-refractivity contribution in [3.63, 3.8) is 0 Å². The summed E-state index contributed by atoms with van der Waals surface area (Å²) in [5.41, 5.74) is -0.416. The van der Waals surface area contributed by atoms with Gasteiger partial charge in [0.2, 0.25) is 5.82 Å². The van der Waals surface area contributed by atoms with Crippen LogP contribution in [0.5, 0.6) is 0 Å². The average Bonchev–Trinajstić information content (AvgIpc) is 3.17. The number of imidazole rings is 1. The number of benzene rings is 2. The minimum Gasteiger partial charge on any atom is -0.463 e. The second kappa shape index (κ2) is 8.84. The Morgan fingerprint density at radius 2 is 1.82 bits per heavy atom. The van der Waals surface area contributed by atoms with Crippen molar-refractivity contribution in [2.45, 2.75) is 12.8 Å². The summed E-state index contributed by atoms with van der Waals surface area (Å²) >= 11 is 0. The molecule has 0 saturated carbocycles. The molecule has 1 amide bonds. The first kappa shape index (κ1) is 22.8. The molecule has 0 fully saturated rings. The Kier molecular flexibility index (Phi) is 5.92. The highest BCUT2D eigenvalue weighted by atomic mass is 19.4. The number of halogens is 5. The van der Waals surface area contributed by atoms with Crippen molar-refractivity contribution in [1.82, 2.24) is 19.5 Å². The van der Waals surface area contributed by atoms with Crippen molar-refractivity contribution in [1.29, 1.82) is 0 Å². The second-order valence-corrected chi connectivity index (χ2v) is 6.81. The number of ether oxygens (including phenoxy) is 1. The molecule has 0 aliphatic heterocycles. The summed E-state index contributed by atoms with van der Waals surface area (Å²) in [6.07, 6.45) is -2.98. The molecule has 2 aromatic carbocycles. The highest BCUT2D eigenvalue weighted by Crippen LogP contribution is 2.33. The number of anilines is 1. The Labute approximate surface area is 187 Å². The number of hydrogen-bond acceptors (Lipinski definition) is 6. The zero-order chi connectivity index (χ0) is 24.5. The Morgan fingerprint density at radius 3 is 2.44 bits per heavy atom. The van der Waals surface area contributed by atoms with E-state index in [0.717, 1.165) is 35.2 Å². The van der Waals surface area contributed by atoms with Gasteiger partial charge in [-0.25, -0.2) is 23.7 Å². The van der Waals surface area contributed by atoms with Gasteiger partial charge in [-0.3, -0.25) is 14.2 Å². The Hall–Kier alpha value is -4.42. The van der Waals surface area contributed by atoms with Crippen LogP contribution in [-0.4, -0.2) is 31.9 Å². The van der Waals surface area contributed by atoms with Gasteiger partial charge >= 0.3 is 6.18 Å². The number of carbonyl (C=O) groups excluding carboxylic acids is 2. The van der Waals surface area contributed by atoms with E-state index in [1.807, 2.05) is 0 Å². The summed E-state index contributed by atoms with van der Waals surface area (Å²) < 4.78 is 73.9. The largest absolute Gasteiger partial charge is 0.463 e.